The van der Waals surface area contributed by atoms with Crippen LogP contribution in [0.25, 0.3) is 0 Å². The third-order valence-corrected chi connectivity index (χ3v) is 2.97. The molecule has 114 valence electrons. The number of benzene rings is 2. The minimum atomic E-state index is -0.806. The highest BCUT2D eigenvalue weighted by Crippen LogP contribution is 2.26. The predicted molar refractivity (Wildman–Crippen MR) is 78.3 cm³/mol. The standard InChI is InChI=1S/C14H10ClFN2O4/c15-12-7-11(18(20)21)4-5-13(12)17-14(19)22-8-9-2-1-3-10(16)6-9/h1-7H,8H2,(H,17,19). The van der Waals surface area contributed by atoms with E-state index in [1.165, 1.54) is 30.3 Å². The van der Waals surface area contributed by atoms with Gasteiger partial charge in [-0.25, -0.2) is 9.18 Å². The van der Waals surface area contributed by atoms with Gasteiger partial charge in [-0.1, -0.05) is 23.7 Å². The lowest BCUT2D eigenvalue weighted by atomic mass is 10.2. The van der Waals surface area contributed by atoms with Gasteiger partial charge in [-0.05, 0) is 23.8 Å². The first kappa shape index (κ1) is 15.7. The molecule has 22 heavy (non-hydrogen) atoms. The van der Waals surface area contributed by atoms with Gasteiger partial charge < -0.3 is 4.74 Å². The summed E-state index contributed by atoms with van der Waals surface area (Å²) in [5.74, 6) is -0.431. The molecule has 0 aliphatic rings. The minimum Gasteiger partial charge on any atom is -0.444 e. The number of non-ortho nitro benzene ring substituents is 1. The van der Waals surface area contributed by atoms with Crippen LogP contribution in [0.1, 0.15) is 5.56 Å². The zero-order valence-corrected chi connectivity index (χ0v) is 11.8. The van der Waals surface area contributed by atoms with Gasteiger partial charge in [0.1, 0.15) is 12.4 Å². The fourth-order valence-electron chi connectivity index (χ4n) is 1.64. The van der Waals surface area contributed by atoms with Crippen LogP contribution in [0.3, 0.4) is 0 Å². The van der Waals surface area contributed by atoms with E-state index < -0.39 is 16.8 Å². The van der Waals surface area contributed by atoms with E-state index in [9.17, 15) is 19.3 Å². The number of rotatable bonds is 4. The molecule has 0 aliphatic carbocycles. The molecule has 2 rings (SSSR count). The Morgan fingerprint density at radius 3 is 2.73 bits per heavy atom. The largest absolute Gasteiger partial charge is 0.444 e. The lowest BCUT2D eigenvalue weighted by molar-refractivity contribution is -0.384. The van der Waals surface area contributed by atoms with Crippen LogP contribution in [0.15, 0.2) is 42.5 Å². The number of nitrogens with one attached hydrogen (secondary N) is 1. The Kier molecular flexibility index (Phi) is 4.90. The molecule has 0 radical (unpaired) electrons. The Morgan fingerprint density at radius 2 is 2.09 bits per heavy atom. The maximum absolute atomic E-state index is 13.0. The van der Waals surface area contributed by atoms with Crippen LogP contribution in [0.4, 0.5) is 20.6 Å². The van der Waals surface area contributed by atoms with Crippen molar-refractivity contribution in [3.8, 4) is 0 Å². The molecule has 0 bridgehead atoms. The summed E-state index contributed by atoms with van der Waals surface area (Å²) in [6, 6.07) is 9.24. The van der Waals surface area contributed by atoms with Crippen molar-refractivity contribution in [2.45, 2.75) is 6.61 Å². The molecule has 0 aliphatic heterocycles. The van der Waals surface area contributed by atoms with Crippen LogP contribution in [0, 0.1) is 15.9 Å². The van der Waals surface area contributed by atoms with Crippen molar-refractivity contribution < 1.29 is 18.8 Å². The predicted octanol–water partition coefficient (Wildman–Crippen LogP) is 4.14. The molecule has 6 nitrogen and oxygen atoms in total. The van der Waals surface area contributed by atoms with Crippen LogP contribution >= 0.6 is 11.6 Å². The molecule has 0 aromatic heterocycles. The van der Waals surface area contributed by atoms with Crippen molar-refractivity contribution in [2.24, 2.45) is 0 Å². The van der Waals surface area contributed by atoms with Gasteiger partial charge in [0, 0.05) is 12.1 Å². The molecule has 0 fully saturated rings. The second-order valence-electron chi connectivity index (χ2n) is 4.25. The third-order valence-electron chi connectivity index (χ3n) is 2.66. The van der Waals surface area contributed by atoms with Gasteiger partial charge in [0.25, 0.3) is 5.69 Å². The average molecular weight is 325 g/mol. The van der Waals surface area contributed by atoms with Gasteiger partial charge in [-0.2, -0.15) is 0 Å². The number of amides is 1. The lowest BCUT2D eigenvalue weighted by Gasteiger charge is -2.08. The first-order valence-electron chi connectivity index (χ1n) is 6.08. The molecule has 8 heteroatoms. The topological polar surface area (TPSA) is 81.5 Å². The van der Waals surface area contributed by atoms with Crippen LogP contribution in [-0.4, -0.2) is 11.0 Å². The summed E-state index contributed by atoms with van der Waals surface area (Å²) in [5.41, 5.74) is 0.477. The maximum Gasteiger partial charge on any atom is 0.412 e. The maximum atomic E-state index is 13.0. The molecule has 0 saturated heterocycles. The summed E-state index contributed by atoms with van der Waals surface area (Å²) in [5, 5.41) is 12.9. The van der Waals surface area contributed by atoms with Gasteiger partial charge in [0.05, 0.1) is 15.6 Å². The van der Waals surface area contributed by atoms with E-state index in [0.717, 1.165) is 6.07 Å². The Labute approximate surface area is 129 Å². The van der Waals surface area contributed by atoms with E-state index in [1.54, 1.807) is 6.07 Å². The van der Waals surface area contributed by atoms with E-state index in [1.807, 2.05) is 0 Å². The number of hydrogen-bond acceptors (Lipinski definition) is 4. The van der Waals surface area contributed by atoms with Crippen molar-refractivity contribution in [1.29, 1.82) is 0 Å². The van der Waals surface area contributed by atoms with Crippen molar-refractivity contribution in [2.75, 3.05) is 5.32 Å². The molecular weight excluding hydrogens is 315 g/mol. The van der Waals surface area contributed by atoms with E-state index in [0.29, 0.717) is 5.56 Å². The number of nitro benzene ring substituents is 1. The first-order chi connectivity index (χ1) is 10.5. The smallest absolute Gasteiger partial charge is 0.412 e. The first-order valence-corrected chi connectivity index (χ1v) is 6.45. The van der Waals surface area contributed by atoms with Crippen molar-refractivity contribution in [3.63, 3.8) is 0 Å². The molecule has 1 N–H and O–H groups in total. The Morgan fingerprint density at radius 1 is 1.32 bits per heavy atom. The molecule has 0 heterocycles. The molecular formula is C14H10ClFN2O4. The number of anilines is 1. The zero-order chi connectivity index (χ0) is 16.1. The van der Waals surface area contributed by atoms with Gasteiger partial charge in [0.15, 0.2) is 0 Å². The van der Waals surface area contributed by atoms with Gasteiger partial charge >= 0.3 is 6.09 Å². The average Bonchev–Trinajstić information content (AvgIpc) is 2.47. The van der Waals surface area contributed by atoms with E-state index in [-0.39, 0.29) is 23.0 Å². The molecule has 2 aromatic carbocycles. The third kappa shape index (κ3) is 4.16. The second-order valence-corrected chi connectivity index (χ2v) is 4.66. The SMILES string of the molecule is O=C(Nc1ccc([N+](=O)[O-])cc1Cl)OCc1cccc(F)c1. The number of halogens is 2. The summed E-state index contributed by atoms with van der Waals surface area (Å²) in [6.07, 6.45) is -0.806. The number of nitro groups is 1. The van der Waals surface area contributed by atoms with Gasteiger partial charge in [-0.15, -0.1) is 0 Å². The minimum absolute atomic E-state index is 0.0110. The van der Waals surface area contributed by atoms with Crippen molar-refractivity contribution >= 4 is 29.1 Å². The Hall–Kier alpha value is -2.67. The molecule has 0 spiro atoms. The fourth-order valence-corrected chi connectivity index (χ4v) is 1.86. The van der Waals surface area contributed by atoms with Gasteiger partial charge in [0.2, 0.25) is 0 Å². The number of ether oxygens (including phenoxy) is 1. The number of hydrogen-bond donors (Lipinski definition) is 1. The van der Waals surface area contributed by atoms with E-state index in [4.69, 9.17) is 16.3 Å². The van der Waals surface area contributed by atoms with Crippen molar-refractivity contribution in [3.05, 3.63) is 69.0 Å². The number of carbonyl (C=O) groups excluding carboxylic acids is 1. The van der Waals surface area contributed by atoms with Crippen LogP contribution in [-0.2, 0) is 11.3 Å². The zero-order valence-electron chi connectivity index (χ0n) is 11.1. The number of nitrogens with zero attached hydrogens (tertiary/aromatic N) is 1. The highest BCUT2D eigenvalue weighted by Gasteiger charge is 2.12. The van der Waals surface area contributed by atoms with Crippen LogP contribution in [0.2, 0.25) is 5.02 Å². The van der Waals surface area contributed by atoms with Crippen LogP contribution < -0.4 is 5.32 Å². The second kappa shape index (κ2) is 6.86. The highest BCUT2D eigenvalue weighted by atomic mass is 35.5. The van der Waals surface area contributed by atoms with E-state index in [2.05, 4.69) is 5.32 Å². The monoisotopic (exact) mass is 324 g/mol. The number of carbonyl (C=O) groups is 1. The normalized spacial score (nSPS) is 10.1. The summed E-state index contributed by atoms with van der Waals surface area (Å²) >= 11 is 5.83. The van der Waals surface area contributed by atoms with Gasteiger partial charge in [-0.3, -0.25) is 15.4 Å². The summed E-state index contributed by atoms with van der Waals surface area (Å²) in [7, 11) is 0. The van der Waals surface area contributed by atoms with Crippen molar-refractivity contribution in [1.82, 2.24) is 0 Å². The molecule has 0 unspecified atom stereocenters. The summed E-state index contributed by atoms with van der Waals surface area (Å²) in [4.78, 5) is 21.6. The molecule has 0 atom stereocenters. The lowest BCUT2D eigenvalue weighted by Crippen LogP contribution is -2.13. The molecule has 0 saturated carbocycles. The molecule has 1 amide bonds. The quantitative estimate of drug-likeness (QED) is 0.677. The Bertz CT molecular complexity index is 724. The molecule has 2 aromatic rings. The van der Waals surface area contributed by atoms with Crippen LogP contribution in [0.5, 0.6) is 0 Å². The highest BCUT2D eigenvalue weighted by molar-refractivity contribution is 6.33. The summed E-state index contributed by atoms with van der Waals surface area (Å²) in [6.45, 7) is -0.117. The summed E-state index contributed by atoms with van der Waals surface area (Å²) < 4.78 is 17.9. The Balaban J connectivity index is 1.96. The fraction of sp³-hybridized carbons (Fsp3) is 0.0714. The van der Waals surface area contributed by atoms with E-state index >= 15 is 0 Å².